The molecule has 2 heterocycles. The average molecular weight is 389 g/mol. The fourth-order valence-corrected chi connectivity index (χ4v) is 3.84. The van der Waals surface area contributed by atoms with Gasteiger partial charge in [-0.25, -0.2) is 9.78 Å². The van der Waals surface area contributed by atoms with Gasteiger partial charge < -0.3 is 9.84 Å². The molecule has 0 bridgehead atoms. The number of alkyl halides is 3. The lowest BCUT2D eigenvalue weighted by atomic mass is 10.1. The standard InChI is InChI=1S/C19H10F3NO3S/c20-19(21,22)26-11-5-6-14-12(8-11)13(18(24)25)9-15(23-14)17-7-10-3-1-2-4-16(10)27-17/h1-9H,(H,24,25). The van der Waals surface area contributed by atoms with Crippen LogP contribution in [0.25, 0.3) is 31.6 Å². The van der Waals surface area contributed by atoms with Crippen LogP contribution < -0.4 is 4.74 Å². The number of aromatic carboxylic acids is 1. The van der Waals surface area contributed by atoms with E-state index in [0.29, 0.717) is 5.69 Å². The summed E-state index contributed by atoms with van der Waals surface area (Å²) in [5.74, 6) is -1.75. The number of aromatic nitrogens is 1. The third-order valence-electron chi connectivity index (χ3n) is 3.92. The predicted octanol–water partition coefficient (Wildman–Crippen LogP) is 5.71. The summed E-state index contributed by atoms with van der Waals surface area (Å²) in [5.41, 5.74) is 0.586. The summed E-state index contributed by atoms with van der Waals surface area (Å²) in [5, 5.41) is 10.6. The summed E-state index contributed by atoms with van der Waals surface area (Å²) < 4.78 is 42.2. The number of carboxylic acid groups (broad SMARTS) is 1. The largest absolute Gasteiger partial charge is 0.573 e. The number of nitrogens with zero attached hydrogens (tertiary/aromatic N) is 1. The number of rotatable bonds is 3. The highest BCUT2D eigenvalue weighted by Crippen LogP contribution is 2.35. The van der Waals surface area contributed by atoms with Gasteiger partial charge in [0, 0.05) is 10.1 Å². The summed E-state index contributed by atoms with van der Waals surface area (Å²) >= 11 is 1.46. The number of ether oxygens (including phenoxy) is 1. The molecule has 4 rings (SSSR count). The van der Waals surface area contributed by atoms with Gasteiger partial charge in [0.15, 0.2) is 0 Å². The van der Waals surface area contributed by atoms with E-state index < -0.39 is 18.1 Å². The van der Waals surface area contributed by atoms with E-state index >= 15 is 0 Å². The number of carbonyl (C=O) groups is 1. The van der Waals surface area contributed by atoms with Crippen molar-refractivity contribution < 1.29 is 27.8 Å². The molecule has 0 saturated heterocycles. The lowest BCUT2D eigenvalue weighted by Gasteiger charge is -2.11. The van der Waals surface area contributed by atoms with Crippen LogP contribution >= 0.6 is 11.3 Å². The fraction of sp³-hybridized carbons (Fsp3) is 0.0526. The Labute approximate surface area is 154 Å². The number of halogens is 3. The number of fused-ring (bicyclic) bond motifs is 2. The smallest absolute Gasteiger partial charge is 0.478 e. The maximum absolute atomic E-state index is 12.4. The van der Waals surface area contributed by atoms with Crippen LogP contribution in [0.3, 0.4) is 0 Å². The Morgan fingerprint density at radius 1 is 1.07 bits per heavy atom. The number of thiophene rings is 1. The normalized spacial score (nSPS) is 11.8. The Kier molecular flexibility index (Phi) is 4.00. The maximum Gasteiger partial charge on any atom is 0.573 e. The van der Waals surface area contributed by atoms with Crippen LogP contribution in [-0.2, 0) is 0 Å². The molecule has 0 saturated carbocycles. The topological polar surface area (TPSA) is 59.4 Å². The van der Waals surface area contributed by atoms with Crippen molar-refractivity contribution in [1.82, 2.24) is 4.98 Å². The molecular formula is C19H10F3NO3S. The molecule has 1 N–H and O–H groups in total. The average Bonchev–Trinajstić information content (AvgIpc) is 3.03. The Morgan fingerprint density at radius 3 is 2.56 bits per heavy atom. The molecule has 136 valence electrons. The molecule has 0 aliphatic carbocycles. The van der Waals surface area contributed by atoms with Gasteiger partial charge in [0.05, 0.1) is 21.7 Å². The first-order chi connectivity index (χ1) is 12.8. The summed E-state index contributed by atoms with van der Waals surface area (Å²) in [6, 6.07) is 14.4. The number of carboxylic acids is 1. The molecule has 0 radical (unpaired) electrons. The molecule has 2 aromatic carbocycles. The molecule has 27 heavy (non-hydrogen) atoms. The summed E-state index contributed by atoms with van der Waals surface area (Å²) in [6.07, 6.45) is -4.86. The van der Waals surface area contributed by atoms with Crippen LogP contribution in [0.5, 0.6) is 5.75 Å². The van der Waals surface area contributed by atoms with E-state index in [1.54, 1.807) is 0 Å². The molecule has 0 fully saturated rings. The van der Waals surface area contributed by atoms with E-state index in [1.165, 1.54) is 23.5 Å². The van der Waals surface area contributed by atoms with Crippen LogP contribution in [0.2, 0.25) is 0 Å². The van der Waals surface area contributed by atoms with E-state index in [2.05, 4.69) is 9.72 Å². The molecule has 8 heteroatoms. The molecule has 0 spiro atoms. The first-order valence-electron chi connectivity index (χ1n) is 7.73. The maximum atomic E-state index is 12.4. The Bertz CT molecular complexity index is 1150. The van der Waals surface area contributed by atoms with Crippen molar-refractivity contribution in [3.05, 3.63) is 60.2 Å². The lowest BCUT2D eigenvalue weighted by molar-refractivity contribution is -0.274. The van der Waals surface area contributed by atoms with Crippen molar-refractivity contribution in [1.29, 1.82) is 0 Å². The SMILES string of the molecule is O=C(O)c1cc(-c2cc3ccccc3s2)nc2ccc(OC(F)(F)F)cc12. The molecule has 2 aromatic heterocycles. The minimum atomic E-state index is -4.86. The number of benzene rings is 2. The van der Waals surface area contributed by atoms with Crippen molar-refractivity contribution in [3.8, 4) is 16.3 Å². The molecular weight excluding hydrogens is 379 g/mol. The van der Waals surface area contributed by atoms with Crippen LogP contribution in [0.4, 0.5) is 13.2 Å². The monoisotopic (exact) mass is 389 g/mol. The molecule has 0 unspecified atom stereocenters. The van der Waals surface area contributed by atoms with E-state index in [-0.39, 0.29) is 16.5 Å². The van der Waals surface area contributed by atoms with Crippen molar-refractivity contribution in [2.45, 2.75) is 6.36 Å². The Balaban J connectivity index is 1.88. The zero-order valence-corrected chi connectivity index (χ0v) is 14.3. The minimum Gasteiger partial charge on any atom is -0.478 e. The van der Waals surface area contributed by atoms with E-state index in [0.717, 1.165) is 27.1 Å². The van der Waals surface area contributed by atoms with Gasteiger partial charge in [0.2, 0.25) is 0 Å². The van der Waals surface area contributed by atoms with Crippen LogP contribution in [0.1, 0.15) is 10.4 Å². The van der Waals surface area contributed by atoms with Gasteiger partial charge in [0.1, 0.15) is 5.75 Å². The van der Waals surface area contributed by atoms with Gasteiger partial charge in [-0.1, -0.05) is 18.2 Å². The van der Waals surface area contributed by atoms with Gasteiger partial charge in [-0.2, -0.15) is 0 Å². The number of pyridine rings is 1. The van der Waals surface area contributed by atoms with Crippen molar-refractivity contribution >= 4 is 38.3 Å². The van der Waals surface area contributed by atoms with Crippen LogP contribution in [0.15, 0.2) is 54.6 Å². The Morgan fingerprint density at radius 2 is 1.85 bits per heavy atom. The summed E-state index contributed by atoms with van der Waals surface area (Å²) in [4.78, 5) is 16.9. The van der Waals surface area contributed by atoms with Gasteiger partial charge in [-0.15, -0.1) is 24.5 Å². The second kappa shape index (κ2) is 6.24. The molecule has 0 aliphatic rings. The second-order valence-corrected chi connectivity index (χ2v) is 6.82. The van der Waals surface area contributed by atoms with Crippen molar-refractivity contribution in [3.63, 3.8) is 0 Å². The molecule has 0 atom stereocenters. The van der Waals surface area contributed by atoms with Crippen LogP contribution in [-0.4, -0.2) is 22.4 Å². The van der Waals surface area contributed by atoms with E-state index in [1.807, 2.05) is 30.3 Å². The zero-order chi connectivity index (χ0) is 19.2. The molecule has 4 aromatic rings. The third kappa shape index (κ3) is 3.43. The minimum absolute atomic E-state index is 0.0779. The molecule has 0 aliphatic heterocycles. The predicted molar refractivity (Wildman–Crippen MR) is 96.2 cm³/mol. The number of hydrogen-bond donors (Lipinski definition) is 1. The van der Waals surface area contributed by atoms with Gasteiger partial charge in [-0.3, -0.25) is 0 Å². The third-order valence-corrected chi connectivity index (χ3v) is 5.06. The van der Waals surface area contributed by atoms with E-state index in [4.69, 9.17) is 0 Å². The fourth-order valence-electron chi connectivity index (χ4n) is 2.81. The highest BCUT2D eigenvalue weighted by molar-refractivity contribution is 7.22. The van der Waals surface area contributed by atoms with E-state index in [9.17, 15) is 23.1 Å². The lowest BCUT2D eigenvalue weighted by Crippen LogP contribution is -2.17. The highest BCUT2D eigenvalue weighted by atomic mass is 32.1. The summed E-state index contributed by atoms with van der Waals surface area (Å²) in [6.45, 7) is 0. The molecule has 4 nitrogen and oxygen atoms in total. The van der Waals surface area contributed by atoms with Crippen molar-refractivity contribution in [2.75, 3.05) is 0 Å². The van der Waals surface area contributed by atoms with Crippen LogP contribution in [0, 0.1) is 0 Å². The second-order valence-electron chi connectivity index (χ2n) is 5.74. The Hall–Kier alpha value is -3.13. The zero-order valence-electron chi connectivity index (χ0n) is 13.4. The molecule has 0 amide bonds. The highest BCUT2D eigenvalue weighted by Gasteiger charge is 2.31. The van der Waals surface area contributed by atoms with Gasteiger partial charge in [0.25, 0.3) is 0 Å². The van der Waals surface area contributed by atoms with Gasteiger partial charge >= 0.3 is 12.3 Å². The van der Waals surface area contributed by atoms with Crippen molar-refractivity contribution in [2.24, 2.45) is 0 Å². The first kappa shape index (κ1) is 17.3. The summed E-state index contributed by atoms with van der Waals surface area (Å²) in [7, 11) is 0. The number of hydrogen-bond acceptors (Lipinski definition) is 4. The van der Waals surface area contributed by atoms with Gasteiger partial charge in [-0.05, 0) is 41.8 Å². The quantitative estimate of drug-likeness (QED) is 0.487. The first-order valence-corrected chi connectivity index (χ1v) is 8.54.